The molecule has 6 nitrogen and oxygen atoms in total. The van der Waals surface area contributed by atoms with Crippen LogP contribution in [0.3, 0.4) is 0 Å². The van der Waals surface area contributed by atoms with E-state index in [4.69, 9.17) is 4.74 Å². The van der Waals surface area contributed by atoms with Crippen molar-refractivity contribution in [2.45, 2.75) is 18.4 Å². The van der Waals surface area contributed by atoms with Crippen molar-refractivity contribution >= 4 is 22.0 Å². The SMILES string of the molecule is CCNS(=O)(=O)c1ccc(/C=C/C(=O)N(C)Cc2ccc(OC)cc2)cc1. The molecule has 0 fully saturated rings. The van der Waals surface area contributed by atoms with E-state index < -0.39 is 10.0 Å². The number of carbonyl (C=O) groups is 1. The van der Waals surface area contributed by atoms with E-state index in [1.807, 2.05) is 24.3 Å². The number of nitrogens with zero attached hydrogens (tertiary/aromatic N) is 1. The Morgan fingerprint density at radius 1 is 1.11 bits per heavy atom. The van der Waals surface area contributed by atoms with E-state index in [9.17, 15) is 13.2 Å². The summed E-state index contributed by atoms with van der Waals surface area (Å²) in [7, 11) is -0.136. The third-order valence-electron chi connectivity index (χ3n) is 3.90. The van der Waals surface area contributed by atoms with Gasteiger partial charge in [0.05, 0.1) is 12.0 Å². The topological polar surface area (TPSA) is 75.7 Å². The largest absolute Gasteiger partial charge is 0.497 e. The lowest BCUT2D eigenvalue weighted by Crippen LogP contribution is -2.24. The number of nitrogens with one attached hydrogen (secondary N) is 1. The maximum absolute atomic E-state index is 12.3. The fraction of sp³-hybridized carbons (Fsp3) is 0.250. The Kier molecular flexibility index (Phi) is 7.15. The summed E-state index contributed by atoms with van der Waals surface area (Å²) in [5.74, 6) is 0.627. The van der Waals surface area contributed by atoms with Crippen LogP contribution in [0.4, 0.5) is 0 Å². The third-order valence-corrected chi connectivity index (χ3v) is 5.46. The summed E-state index contributed by atoms with van der Waals surface area (Å²) in [5, 5.41) is 0. The molecule has 0 saturated carbocycles. The third kappa shape index (κ3) is 5.94. The van der Waals surface area contributed by atoms with Crippen molar-refractivity contribution in [3.63, 3.8) is 0 Å². The molecular weight excluding hydrogens is 364 g/mol. The number of likely N-dealkylation sites (N-methyl/N-ethyl adjacent to an activating group) is 1. The molecule has 0 unspecified atom stereocenters. The molecule has 2 aromatic rings. The van der Waals surface area contributed by atoms with Gasteiger partial charge in [-0.2, -0.15) is 0 Å². The number of ether oxygens (including phenoxy) is 1. The molecule has 0 saturated heterocycles. The van der Waals surface area contributed by atoms with Crippen molar-refractivity contribution < 1.29 is 17.9 Å². The van der Waals surface area contributed by atoms with Crippen LogP contribution < -0.4 is 9.46 Å². The molecule has 0 radical (unpaired) electrons. The predicted molar refractivity (Wildman–Crippen MR) is 106 cm³/mol. The molecule has 0 atom stereocenters. The van der Waals surface area contributed by atoms with Gasteiger partial charge in [0.1, 0.15) is 5.75 Å². The van der Waals surface area contributed by atoms with Crippen LogP contribution in [0.2, 0.25) is 0 Å². The average Bonchev–Trinajstić information content (AvgIpc) is 2.67. The monoisotopic (exact) mass is 388 g/mol. The Labute approximate surface area is 160 Å². The Morgan fingerprint density at radius 3 is 2.30 bits per heavy atom. The molecule has 1 N–H and O–H groups in total. The first kappa shape index (κ1) is 20.7. The highest BCUT2D eigenvalue weighted by atomic mass is 32.2. The van der Waals surface area contributed by atoms with Crippen LogP contribution in [-0.2, 0) is 21.4 Å². The number of hydrogen-bond donors (Lipinski definition) is 1. The van der Waals surface area contributed by atoms with E-state index in [0.29, 0.717) is 13.1 Å². The highest BCUT2D eigenvalue weighted by Gasteiger charge is 2.11. The smallest absolute Gasteiger partial charge is 0.246 e. The second-order valence-electron chi connectivity index (χ2n) is 5.95. The fourth-order valence-electron chi connectivity index (χ4n) is 2.41. The molecule has 1 amide bonds. The van der Waals surface area contributed by atoms with Crippen molar-refractivity contribution in [3.05, 3.63) is 65.7 Å². The molecular formula is C20H24N2O4S. The lowest BCUT2D eigenvalue weighted by Gasteiger charge is -2.15. The van der Waals surface area contributed by atoms with E-state index in [1.54, 1.807) is 44.2 Å². The quantitative estimate of drug-likeness (QED) is 0.706. The Hall–Kier alpha value is -2.64. The standard InChI is InChI=1S/C20H24N2O4S/c1-4-21-27(24,25)19-12-7-16(8-13-19)9-14-20(23)22(2)15-17-5-10-18(26-3)11-6-17/h5-14,21H,4,15H2,1-3H3/b14-9+. The summed E-state index contributed by atoms with van der Waals surface area (Å²) < 4.78 is 31.4. The van der Waals surface area contributed by atoms with Gasteiger partial charge in [-0.25, -0.2) is 13.1 Å². The molecule has 0 aliphatic heterocycles. The maximum Gasteiger partial charge on any atom is 0.246 e. The highest BCUT2D eigenvalue weighted by molar-refractivity contribution is 7.89. The van der Waals surface area contributed by atoms with Crippen LogP contribution in [0.1, 0.15) is 18.1 Å². The van der Waals surface area contributed by atoms with Gasteiger partial charge >= 0.3 is 0 Å². The first-order chi connectivity index (χ1) is 12.9. The van der Waals surface area contributed by atoms with E-state index in [0.717, 1.165) is 16.9 Å². The zero-order chi connectivity index (χ0) is 19.9. The lowest BCUT2D eigenvalue weighted by molar-refractivity contribution is -0.125. The summed E-state index contributed by atoms with van der Waals surface area (Å²) in [4.78, 5) is 14.1. The Morgan fingerprint density at radius 2 is 1.74 bits per heavy atom. The lowest BCUT2D eigenvalue weighted by atomic mass is 10.2. The van der Waals surface area contributed by atoms with E-state index >= 15 is 0 Å². The summed E-state index contributed by atoms with van der Waals surface area (Å²) in [5.41, 5.74) is 1.75. The second kappa shape index (κ2) is 9.34. The maximum atomic E-state index is 12.3. The minimum atomic E-state index is -3.47. The van der Waals surface area contributed by atoms with E-state index in [1.165, 1.54) is 18.2 Å². The zero-order valence-corrected chi connectivity index (χ0v) is 16.5. The Balaban J connectivity index is 1.98. The van der Waals surface area contributed by atoms with Gasteiger partial charge in [0.2, 0.25) is 15.9 Å². The number of hydrogen-bond acceptors (Lipinski definition) is 4. The van der Waals surface area contributed by atoms with Gasteiger partial charge < -0.3 is 9.64 Å². The van der Waals surface area contributed by atoms with Crippen LogP contribution >= 0.6 is 0 Å². The summed E-state index contributed by atoms with van der Waals surface area (Å²) in [6, 6.07) is 13.9. The number of methoxy groups -OCH3 is 1. The van der Waals surface area contributed by atoms with Crippen molar-refractivity contribution in [3.8, 4) is 5.75 Å². The molecule has 0 spiro atoms. The molecule has 0 heterocycles. The molecule has 144 valence electrons. The van der Waals surface area contributed by atoms with Gasteiger partial charge in [-0.15, -0.1) is 0 Å². The molecule has 27 heavy (non-hydrogen) atoms. The number of sulfonamides is 1. The van der Waals surface area contributed by atoms with Gasteiger partial charge in [-0.05, 0) is 41.5 Å². The molecule has 7 heteroatoms. The fourth-order valence-corrected chi connectivity index (χ4v) is 3.45. The van der Waals surface area contributed by atoms with Gasteiger partial charge in [-0.1, -0.05) is 31.2 Å². The zero-order valence-electron chi connectivity index (χ0n) is 15.7. The predicted octanol–water partition coefficient (Wildman–Crippen LogP) is 2.67. The van der Waals surface area contributed by atoms with Crippen molar-refractivity contribution in [2.75, 3.05) is 20.7 Å². The van der Waals surface area contributed by atoms with Crippen LogP contribution in [0.5, 0.6) is 5.75 Å². The van der Waals surface area contributed by atoms with Crippen molar-refractivity contribution in [1.82, 2.24) is 9.62 Å². The van der Waals surface area contributed by atoms with Gasteiger partial charge in [0, 0.05) is 26.2 Å². The van der Waals surface area contributed by atoms with Crippen LogP contribution in [0.15, 0.2) is 59.5 Å². The van der Waals surface area contributed by atoms with E-state index in [2.05, 4.69) is 4.72 Å². The first-order valence-electron chi connectivity index (χ1n) is 8.51. The van der Waals surface area contributed by atoms with Gasteiger partial charge in [-0.3, -0.25) is 4.79 Å². The summed E-state index contributed by atoms with van der Waals surface area (Å²) in [6.07, 6.45) is 3.13. The molecule has 0 aliphatic rings. The molecule has 0 aromatic heterocycles. The van der Waals surface area contributed by atoms with Crippen LogP contribution in [0, 0.1) is 0 Å². The highest BCUT2D eigenvalue weighted by Crippen LogP contribution is 2.14. The number of carbonyl (C=O) groups excluding carboxylic acids is 1. The van der Waals surface area contributed by atoms with E-state index in [-0.39, 0.29) is 10.8 Å². The molecule has 0 bridgehead atoms. The van der Waals surface area contributed by atoms with Gasteiger partial charge in [0.25, 0.3) is 0 Å². The average molecular weight is 388 g/mol. The minimum Gasteiger partial charge on any atom is -0.497 e. The first-order valence-corrected chi connectivity index (χ1v) is 10.00. The van der Waals surface area contributed by atoms with Crippen LogP contribution in [-0.4, -0.2) is 39.9 Å². The normalized spacial score (nSPS) is 11.5. The number of amides is 1. The minimum absolute atomic E-state index is 0.143. The number of benzene rings is 2. The Bertz CT molecular complexity index is 889. The number of rotatable bonds is 8. The van der Waals surface area contributed by atoms with Crippen LogP contribution in [0.25, 0.3) is 6.08 Å². The molecule has 2 rings (SSSR count). The molecule has 0 aliphatic carbocycles. The second-order valence-corrected chi connectivity index (χ2v) is 7.71. The summed E-state index contributed by atoms with van der Waals surface area (Å²) in [6.45, 7) is 2.54. The van der Waals surface area contributed by atoms with Gasteiger partial charge in [0.15, 0.2) is 0 Å². The van der Waals surface area contributed by atoms with Crippen molar-refractivity contribution in [1.29, 1.82) is 0 Å². The molecule has 2 aromatic carbocycles. The summed E-state index contributed by atoms with van der Waals surface area (Å²) >= 11 is 0. The van der Waals surface area contributed by atoms with Crippen molar-refractivity contribution in [2.24, 2.45) is 0 Å².